The minimum atomic E-state index is -1.48. The highest BCUT2D eigenvalue weighted by molar-refractivity contribution is 5.96. The summed E-state index contributed by atoms with van der Waals surface area (Å²) in [5, 5.41) is 17.8. The first-order chi connectivity index (χ1) is 15.2. The number of ether oxygens (including phenoxy) is 2. The summed E-state index contributed by atoms with van der Waals surface area (Å²) in [6, 6.07) is 11.0. The molecule has 0 fully saturated rings. The molecule has 164 valence electrons. The van der Waals surface area contributed by atoms with Gasteiger partial charge in [-0.25, -0.2) is 4.68 Å². The Balaban J connectivity index is 1.65. The van der Waals surface area contributed by atoms with Gasteiger partial charge in [-0.05, 0) is 50.2 Å². The fourth-order valence-electron chi connectivity index (χ4n) is 3.13. The number of nitrogens with one attached hydrogen (secondary N) is 1. The highest BCUT2D eigenvalue weighted by Crippen LogP contribution is 2.35. The highest BCUT2D eigenvalue weighted by atomic mass is 19.1. The van der Waals surface area contributed by atoms with Gasteiger partial charge in [-0.3, -0.25) is 19.7 Å². The molecule has 3 aromatic rings. The van der Waals surface area contributed by atoms with E-state index in [2.05, 4.69) is 10.4 Å². The van der Waals surface area contributed by atoms with Crippen molar-refractivity contribution in [1.29, 1.82) is 0 Å². The number of nitro benzene ring substituents is 1. The van der Waals surface area contributed by atoms with E-state index in [4.69, 9.17) is 9.47 Å². The Kier molecular flexibility index (Phi) is 5.09. The number of hydrogen-bond donors (Lipinski definition) is 1. The van der Waals surface area contributed by atoms with Gasteiger partial charge in [-0.1, -0.05) is 0 Å². The molecule has 0 unspecified atom stereocenters. The molecule has 0 aliphatic carbocycles. The van der Waals surface area contributed by atoms with Crippen molar-refractivity contribution >= 4 is 17.3 Å². The molecule has 2 aromatic carbocycles. The second-order valence-electron chi connectivity index (χ2n) is 7.47. The van der Waals surface area contributed by atoms with Crippen molar-refractivity contribution in [2.45, 2.75) is 19.4 Å². The predicted octanol–water partition coefficient (Wildman–Crippen LogP) is 3.06. The Morgan fingerprint density at radius 3 is 2.66 bits per heavy atom. The van der Waals surface area contributed by atoms with Gasteiger partial charge < -0.3 is 14.8 Å². The fraction of sp³-hybridized carbons (Fsp3) is 0.190. The lowest BCUT2D eigenvalue weighted by atomic mass is 10.0. The van der Waals surface area contributed by atoms with Crippen LogP contribution in [0, 0.1) is 15.9 Å². The summed E-state index contributed by atoms with van der Waals surface area (Å²) in [7, 11) is 0. The summed E-state index contributed by atoms with van der Waals surface area (Å²) < 4.78 is 25.2. The molecule has 32 heavy (non-hydrogen) atoms. The second-order valence-corrected chi connectivity index (χ2v) is 7.47. The molecule has 2 heterocycles. The molecular formula is C21H17FN4O6. The molecule has 4 rings (SSSR count). The van der Waals surface area contributed by atoms with Gasteiger partial charge in [0.25, 0.3) is 11.5 Å². The molecule has 11 heteroatoms. The first kappa shape index (κ1) is 21.0. The van der Waals surface area contributed by atoms with Crippen molar-refractivity contribution < 1.29 is 23.6 Å². The standard InChI is InChI=1S/C21H17FN4O6/c1-21(2,20(28)23-13-4-5-14(22)16(10-13)26(29)30)25-19(27)8-6-15(24-25)12-3-7-17-18(9-12)32-11-31-17/h3-10H,11H2,1-2H3,(H,23,28). The van der Waals surface area contributed by atoms with Gasteiger partial charge in [0.1, 0.15) is 5.54 Å². The van der Waals surface area contributed by atoms with E-state index >= 15 is 0 Å². The van der Waals surface area contributed by atoms with Crippen LogP contribution in [0.15, 0.2) is 53.3 Å². The summed E-state index contributed by atoms with van der Waals surface area (Å²) >= 11 is 0. The van der Waals surface area contributed by atoms with Crippen LogP contribution < -0.4 is 20.3 Å². The van der Waals surface area contributed by atoms with E-state index in [1.54, 1.807) is 18.2 Å². The second kappa shape index (κ2) is 7.76. The van der Waals surface area contributed by atoms with Crippen LogP contribution in [-0.2, 0) is 10.3 Å². The molecule has 1 amide bonds. The number of nitro groups is 1. The quantitative estimate of drug-likeness (QED) is 0.477. The number of amides is 1. The number of nitrogens with zero attached hydrogens (tertiary/aromatic N) is 3. The first-order valence-electron chi connectivity index (χ1n) is 9.43. The number of carbonyl (C=O) groups excluding carboxylic acids is 1. The van der Waals surface area contributed by atoms with Crippen molar-refractivity contribution in [2.24, 2.45) is 0 Å². The monoisotopic (exact) mass is 440 g/mol. The molecule has 1 aliphatic rings. The van der Waals surface area contributed by atoms with Crippen LogP contribution in [0.1, 0.15) is 13.8 Å². The smallest absolute Gasteiger partial charge is 0.306 e. The SMILES string of the molecule is CC(C)(C(=O)Nc1ccc(F)c([N+](=O)[O-])c1)n1nc(-c2ccc3c(c2)OCO3)ccc1=O. The molecule has 0 atom stereocenters. The number of rotatable bonds is 5. The van der Waals surface area contributed by atoms with Gasteiger partial charge in [0.15, 0.2) is 11.5 Å². The Hall–Kier alpha value is -4.28. The normalized spacial score (nSPS) is 12.5. The van der Waals surface area contributed by atoms with E-state index in [0.717, 1.165) is 16.8 Å². The number of anilines is 1. The van der Waals surface area contributed by atoms with Crippen LogP contribution in [0.25, 0.3) is 11.3 Å². The molecule has 0 spiro atoms. The van der Waals surface area contributed by atoms with Crippen molar-refractivity contribution in [3.8, 4) is 22.8 Å². The van der Waals surface area contributed by atoms with E-state index in [1.165, 1.54) is 32.0 Å². The Morgan fingerprint density at radius 2 is 1.91 bits per heavy atom. The predicted molar refractivity (Wildman–Crippen MR) is 111 cm³/mol. The summed E-state index contributed by atoms with van der Waals surface area (Å²) in [4.78, 5) is 35.5. The lowest BCUT2D eigenvalue weighted by Crippen LogP contribution is -2.47. The molecule has 1 N–H and O–H groups in total. The van der Waals surface area contributed by atoms with E-state index < -0.39 is 33.4 Å². The molecule has 1 aromatic heterocycles. The van der Waals surface area contributed by atoms with Gasteiger partial charge in [-0.15, -0.1) is 0 Å². The van der Waals surface area contributed by atoms with E-state index in [9.17, 15) is 24.1 Å². The van der Waals surface area contributed by atoms with Gasteiger partial charge >= 0.3 is 5.69 Å². The third kappa shape index (κ3) is 3.75. The van der Waals surface area contributed by atoms with Gasteiger partial charge in [0.05, 0.1) is 10.6 Å². The van der Waals surface area contributed by atoms with Crippen LogP contribution in [-0.4, -0.2) is 27.4 Å². The maximum absolute atomic E-state index is 13.6. The molecule has 0 bridgehead atoms. The zero-order valence-electron chi connectivity index (χ0n) is 17.0. The van der Waals surface area contributed by atoms with Crippen molar-refractivity contribution in [3.63, 3.8) is 0 Å². The van der Waals surface area contributed by atoms with E-state index in [0.29, 0.717) is 22.8 Å². The first-order valence-corrected chi connectivity index (χ1v) is 9.43. The lowest BCUT2D eigenvalue weighted by Gasteiger charge is -2.25. The van der Waals surface area contributed by atoms with Crippen LogP contribution >= 0.6 is 0 Å². The van der Waals surface area contributed by atoms with Crippen molar-refractivity contribution in [1.82, 2.24) is 9.78 Å². The van der Waals surface area contributed by atoms with Crippen molar-refractivity contribution in [3.05, 3.63) is 74.8 Å². The maximum atomic E-state index is 13.6. The van der Waals surface area contributed by atoms with Crippen LogP contribution in [0.5, 0.6) is 11.5 Å². The Bertz CT molecular complexity index is 1300. The summed E-state index contributed by atoms with van der Waals surface area (Å²) in [5.41, 5.74) is -1.71. The van der Waals surface area contributed by atoms with Crippen LogP contribution in [0.2, 0.25) is 0 Å². The number of aromatic nitrogens is 2. The maximum Gasteiger partial charge on any atom is 0.306 e. The molecular weight excluding hydrogens is 423 g/mol. The van der Waals surface area contributed by atoms with Crippen LogP contribution in [0.3, 0.4) is 0 Å². The summed E-state index contributed by atoms with van der Waals surface area (Å²) in [6.07, 6.45) is 0. The molecule has 1 aliphatic heterocycles. The zero-order chi connectivity index (χ0) is 23.0. The Labute approximate surface area is 180 Å². The number of halogens is 1. The average Bonchev–Trinajstić information content (AvgIpc) is 3.23. The van der Waals surface area contributed by atoms with Gasteiger partial charge in [-0.2, -0.15) is 9.49 Å². The molecule has 0 radical (unpaired) electrons. The van der Waals surface area contributed by atoms with Gasteiger partial charge in [0, 0.05) is 23.4 Å². The van der Waals surface area contributed by atoms with Crippen LogP contribution in [0.4, 0.5) is 15.8 Å². The Morgan fingerprint density at radius 1 is 1.16 bits per heavy atom. The number of benzene rings is 2. The van der Waals surface area contributed by atoms with Gasteiger partial charge in [0.2, 0.25) is 12.6 Å². The highest BCUT2D eigenvalue weighted by Gasteiger charge is 2.33. The fourth-order valence-corrected chi connectivity index (χ4v) is 3.13. The summed E-state index contributed by atoms with van der Waals surface area (Å²) in [6.45, 7) is 3.05. The topological polar surface area (TPSA) is 126 Å². The van der Waals surface area contributed by atoms with E-state index in [-0.39, 0.29) is 12.5 Å². The molecule has 0 saturated carbocycles. The lowest BCUT2D eigenvalue weighted by molar-refractivity contribution is -0.387. The molecule has 10 nitrogen and oxygen atoms in total. The largest absolute Gasteiger partial charge is 0.454 e. The third-order valence-corrected chi connectivity index (χ3v) is 4.95. The number of hydrogen-bond acceptors (Lipinski definition) is 7. The zero-order valence-corrected chi connectivity index (χ0v) is 17.0. The summed E-state index contributed by atoms with van der Waals surface area (Å²) in [5.74, 6) is -0.565. The average molecular weight is 440 g/mol. The minimum Gasteiger partial charge on any atom is -0.454 e. The van der Waals surface area contributed by atoms with Crippen molar-refractivity contribution in [2.75, 3.05) is 12.1 Å². The molecule has 0 saturated heterocycles. The third-order valence-electron chi connectivity index (χ3n) is 4.95. The number of fused-ring (bicyclic) bond motifs is 1. The number of carbonyl (C=O) groups is 1. The minimum absolute atomic E-state index is 0.0103. The van der Waals surface area contributed by atoms with E-state index in [1.807, 2.05) is 0 Å².